The molecule has 6 heteroatoms. The van der Waals surface area contributed by atoms with Crippen LogP contribution in [0.25, 0.3) is 0 Å². The minimum absolute atomic E-state index is 0.291. The number of halogens is 1. The molecule has 1 heterocycles. The number of thiophene rings is 1. The molecule has 96 valence electrons. The fourth-order valence-corrected chi connectivity index (χ4v) is 3.52. The second-order valence-corrected chi connectivity index (χ2v) is 7.47. The van der Waals surface area contributed by atoms with Gasteiger partial charge in [-0.3, -0.25) is 0 Å². The Morgan fingerprint density at radius 1 is 1.33 bits per heavy atom. The lowest BCUT2D eigenvalue weighted by Gasteiger charge is -2.07. The van der Waals surface area contributed by atoms with Crippen LogP contribution in [0.5, 0.6) is 0 Å². The van der Waals surface area contributed by atoms with E-state index in [4.69, 9.17) is 0 Å². The molecule has 3 nitrogen and oxygen atoms in total. The molecule has 0 aliphatic carbocycles. The van der Waals surface area contributed by atoms with E-state index in [0.29, 0.717) is 11.4 Å². The SMILES string of the molecule is Cc1cc(S(=O)(=O)NCc2cccs2)ccc1Br. The van der Waals surface area contributed by atoms with Gasteiger partial charge in [-0.2, -0.15) is 0 Å². The van der Waals surface area contributed by atoms with E-state index in [1.807, 2.05) is 24.4 Å². The zero-order valence-electron chi connectivity index (χ0n) is 9.68. The van der Waals surface area contributed by atoms with Gasteiger partial charge in [0.1, 0.15) is 0 Å². The van der Waals surface area contributed by atoms with Gasteiger partial charge >= 0.3 is 0 Å². The van der Waals surface area contributed by atoms with E-state index in [1.165, 1.54) is 11.3 Å². The highest BCUT2D eigenvalue weighted by molar-refractivity contribution is 9.10. The summed E-state index contributed by atoms with van der Waals surface area (Å²) in [7, 11) is -3.44. The number of hydrogen-bond donors (Lipinski definition) is 1. The molecule has 0 amide bonds. The van der Waals surface area contributed by atoms with E-state index in [1.54, 1.807) is 18.2 Å². The molecule has 0 aliphatic rings. The minimum Gasteiger partial charge on any atom is -0.207 e. The van der Waals surface area contributed by atoms with Gasteiger partial charge in [0, 0.05) is 15.9 Å². The number of benzene rings is 1. The first-order valence-electron chi connectivity index (χ1n) is 5.27. The summed E-state index contributed by atoms with van der Waals surface area (Å²) in [6, 6.07) is 8.79. The zero-order chi connectivity index (χ0) is 13.2. The maximum atomic E-state index is 12.1. The molecular weight excluding hydrogens is 334 g/mol. The first kappa shape index (κ1) is 13.7. The van der Waals surface area contributed by atoms with Crippen LogP contribution in [0.2, 0.25) is 0 Å². The van der Waals surface area contributed by atoms with E-state index >= 15 is 0 Å². The van der Waals surface area contributed by atoms with E-state index in [0.717, 1.165) is 14.9 Å². The third-order valence-electron chi connectivity index (χ3n) is 2.46. The van der Waals surface area contributed by atoms with Gasteiger partial charge in [-0.15, -0.1) is 11.3 Å². The fourth-order valence-electron chi connectivity index (χ4n) is 1.45. The molecule has 0 fully saturated rings. The first-order chi connectivity index (χ1) is 8.49. The summed E-state index contributed by atoms with van der Waals surface area (Å²) in [6.07, 6.45) is 0. The largest absolute Gasteiger partial charge is 0.240 e. The van der Waals surface area contributed by atoms with Crippen molar-refractivity contribution < 1.29 is 8.42 Å². The lowest BCUT2D eigenvalue weighted by atomic mass is 10.2. The second-order valence-electron chi connectivity index (χ2n) is 3.81. The van der Waals surface area contributed by atoms with Crippen molar-refractivity contribution in [2.75, 3.05) is 0 Å². The van der Waals surface area contributed by atoms with Crippen molar-refractivity contribution in [3.63, 3.8) is 0 Å². The van der Waals surface area contributed by atoms with Crippen LogP contribution in [0.4, 0.5) is 0 Å². The van der Waals surface area contributed by atoms with Crippen LogP contribution in [0.1, 0.15) is 10.4 Å². The lowest BCUT2D eigenvalue weighted by molar-refractivity contribution is 0.581. The average molecular weight is 346 g/mol. The van der Waals surface area contributed by atoms with Crippen LogP contribution < -0.4 is 4.72 Å². The summed E-state index contributed by atoms with van der Waals surface area (Å²) in [5.74, 6) is 0. The predicted octanol–water partition coefficient (Wildman–Crippen LogP) is 3.30. The van der Waals surface area contributed by atoms with E-state index in [-0.39, 0.29) is 0 Å². The van der Waals surface area contributed by atoms with Gasteiger partial charge < -0.3 is 0 Å². The normalized spacial score (nSPS) is 11.7. The van der Waals surface area contributed by atoms with Crippen LogP contribution in [0.15, 0.2) is 45.1 Å². The molecule has 2 aromatic rings. The number of nitrogens with one attached hydrogen (secondary N) is 1. The highest BCUT2D eigenvalue weighted by Crippen LogP contribution is 2.20. The van der Waals surface area contributed by atoms with Crippen molar-refractivity contribution in [2.45, 2.75) is 18.4 Å². The summed E-state index contributed by atoms with van der Waals surface area (Å²) in [6.45, 7) is 2.19. The molecule has 0 unspecified atom stereocenters. The summed E-state index contributed by atoms with van der Waals surface area (Å²) in [4.78, 5) is 1.28. The zero-order valence-corrected chi connectivity index (χ0v) is 12.9. The number of sulfonamides is 1. The Morgan fingerprint density at radius 3 is 2.72 bits per heavy atom. The first-order valence-corrected chi connectivity index (χ1v) is 8.43. The van der Waals surface area contributed by atoms with Crippen LogP contribution >= 0.6 is 27.3 Å². The van der Waals surface area contributed by atoms with Crippen molar-refractivity contribution in [1.29, 1.82) is 0 Å². The van der Waals surface area contributed by atoms with Crippen molar-refractivity contribution in [2.24, 2.45) is 0 Å². The van der Waals surface area contributed by atoms with Gasteiger partial charge in [0.15, 0.2) is 0 Å². The average Bonchev–Trinajstić information content (AvgIpc) is 2.83. The third kappa shape index (κ3) is 3.20. The monoisotopic (exact) mass is 345 g/mol. The molecule has 0 spiro atoms. The number of hydrogen-bond acceptors (Lipinski definition) is 3. The Hall–Kier alpha value is -0.690. The minimum atomic E-state index is -3.44. The lowest BCUT2D eigenvalue weighted by Crippen LogP contribution is -2.22. The molecule has 0 radical (unpaired) electrons. The molecule has 2 rings (SSSR count). The Labute approximate surface area is 119 Å². The van der Waals surface area contributed by atoms with Gasteiger partial charge in [0.25, 0.3) is 0 Å². The van der Waals surface area contributed by atoms with Gasteiger partial charge in [-0.1, -0.05) is 22.0 Å². The van der Waals surface area contributed by atoms with Gasteiger partial charge in [-0.25, -0.2) is 13.1 Å². The van der Waals surface area contributed by atoms with Gasteiger partial charge in [0.2, 0.25) is 10.0 Å². The fraction of sp³-hybridized carbons (Fsp3) is 0.167. The number of aryl methyl sites for hydroxylation is 1. The Balaban J connectivity index is 2.17. The van der Waals surface area contributed by atoms with Gasteiger partial charge in [-0.05, 0) is 42.1 Å². The summed E-state index contributed by atoms with van der Waals surface area (Å²) in [5.41, 5.74) is 0.897. The second kappa shape index (κ2) is 5.52. The maximum absolute atomic E-state index is 12.1. The molecule has 1 aromatic carbocycles. The van der Waals surface area contributed by atoms with Crippen LogP contribution in [-0.2, 0) is 16.6 Å². The molecule has 18 heavy (non-hydrogen) atoms. The molecular formula is C12H12BrNO2S2. The van der Waals surface area contributed by atoms with Crippen LogP contribution in [-0.4, -0.2) is 8.42 Å². The summed E-state index contributed by atoms with van der Waals surface area (Å²) >= 11 is 4.88. The molecule has 0 atom stereocenters. The number of rotatable bonds is 4. The summed E-state index contributed by atoms with van der Waals surface area (Å²) in [5, 5.41) is 1.92. The molecule has 1 aromatic heterocycles. The Kier molecular flexibility index (Phi) is 4.21. The highest BCUT2D eigenvalue weighted by atomic mass is 79.9. The van der Waals surface area contributed by atoms with E-state index in [9.17, 15) is 8.42 Å². The standard InChI is InChI=1S/C12H12BrNO2S2/c1-9-7-11(4-5-12(9)13)18(15,16)14-8-10-3-2-6-17-10/h2-7,14H,8H2,1H3. The van der Waals surface area contributed by atoms with E-state index < -0.39 is 10.0 Å². The summed E-state index contributed by atoms with van der Waals surface area (Å²) < 4.78 is 27.6. The van der Waals surface area contributed by atoms with Gasteiger partial charge in [0.05, 0.1) is 4.90 Å². The molecule has 0 saturated heterocycles. The quantitative estimate of drug-likeness (QED) is 0.923. The Bertz CT molecular complexity index is 636. The van der Waals surface area contributed by atoms with Crippen LogP contribution in [0.3, 0.4) is 0 Å². The van der Waals surface area contributed by atoms with Crippen molar-refractivity contribution in [1.82, 2.24) is 4.72 Å². The van der Waals surface area contributed by atoms with Crippen molar-refractivity contribution in [3.05, 3.63) is 50.6 Å². The van der Waals surface area contributed by atoms with E-state index in [2.05, 4.69) is 20.7 Å². The van der Waals surface area contributed by atoms with Crippen LogP contribution in [0, 0.1) is 6.92 Å². The highest BCUT2D eigenvalue weighted by Gasteiger charge is 2.14. The molecule has 0 saturated carbocycles. The predicted molar refractivity (Wildman–Crippen MR) is 77.2 cm³/mol. The Morgan fingerprint density at radius 2 is 2.11 bits per heavy atom. The third-order valence-corrected chi connectivity index (χ3v) is 5.62. The molecule has 0 bridgehead atoms. The smallest absolute Gasteiger partial charge is 0.207 e. The van der Waals surface area contributed by atoms with Crippen molar-refractivity contribution >= 4 is 37.3 Å². The molecule has 1 N–H and O–H groups in total. The molecule has 0 aliphatic heterocycles. The topological polar surface area (TPSA) is 46.2 Å². The van der Waals surface area contributed by atoms with Crippen molar-refractivity contribution in [3.8, 4) is 0 Å². The maximum Gasteiger partial charge on any atom is 0.240 e.